The number of hydrogen-bond acceptors (Lipinski definition) is 3. The molecule has 2 amide bonds. The zero-order valence-electron chi connectivity index (χ0n) is 20.3. The molecule has 2 aromatic carbocycles. The van der Waals surface area contributed by atoms with Crippen LogP contribution in [0.15, 0.2) is 30.3 Å². The van der Waals surface area contributed by atoms with Crippen LogP contribution in [0, 0.1) is 26.7 Å². The number of aryl methyl sites for hydroxylation is 2. The van der Waals surface area contributed by atoms with E-state index in [-0.39, 0.29) is 25.0 Å². The van der Waals surface area contributed by atoms with Crippen LogP contribution in [-0.2, 0) is 16.1 Å². The summed E-state index contributed by atoms with van der Waals surface area (Å²) in [4.78, 5) is 27.9. The Labute approximate surface area is 207 Å². The number of ether oxygens (including phenoxy) is 1. The molecule has 33 heavy (non-hydrogen) atoms. The van der Waals surface area contributed by atoms with Crippen LogP contribution in [0.2, 0.25) is 10.0 Å². The molecule has 1 atom stereocenters. The summed E-state index contributed by atoms with van der Waals surface area (Å²) in [5.74, 6) is 0.444. The molecule has 0 aliphatic rings. The first-order chi connectivity index (χ1) is 15.5. The second-order valence-corrected chi connectivity index (χ2v) is 9.59. The Bertz CT molecular complexity index is 971. The van der Waals surface area contributed by atoms with Crippen molar-refractivity contribution >= 4 is 35.0 Å². The van der Waals surface area contributed by atoms with E-state index in [2.05, 4.69) is 11.4 Å². The van der Waals surface area contributed by atoms with Crippen LogP contribution in [0.3, 0.4) is 0 Å². The molecule has 1 N–H and O–H groups in total. The van der Waals surface area contributed by atoms with Crippen molar-refractivity contribution in [2.24, 2.45) is 5.92 Å². The number of hydrogen-bond donors (Lipinski definition) is 1. The van der Waals surface area contributed by atoms with Gasteiger partial charge in [0, 0.05) is 28.7 Å². The van der Waals surface area contributed by atoms with E-state index < -0.39 is 6.04 Å². The van der Waals surface area contributed by atoms with E-state index in [1.54, 1.807) is 18.2 Å². The van der Waals surface area contributed by atoms with E-state index in [1.807, 2.05) is 47.6 Å². The minimum absolute atomic E-state index is 0.111. The highest BCUT2D eigenvalue weighted by Crippen LogP contribution is 2.28. The van der Waals surface area contributed by atoms with E-state index in [1.165, 1.54) is 4.90 Å². The van der Waals surface area contributed by atoms with E-state index in [0.717, 1.165) is 16.7 Å². The van der Waals surface area contributed by atoms with Crippen molar-refractivity contribution in [2.75, 3.05) is 13.2 Å². The quantitative estimate of drug-likeness (QED) is 0.450. The number of benzene rings is 2. The minimum atomic E-state index is -0.674. The van der Waals surface area contributed by atoms with Gasteiger partial charge in [0.25, 0.3) is 5.91 Å². The van der Waals surface area contributed by atoms with Gasteiger partial charge in [-0.15, -0.1) is 0 Å². The van der Waals surface area contributed by atoms with E-state index in [0.29, 0.717) is 40.2 Å². The van der Waals surface area contributed by atoms with Gasteiger partial charge < -0.3 is 15.0 Å². The van der Waals surface area contributed by atoms with Crippen molar-refractivity contribution in [1.29, 1.82) is 0 Å². The van der Waals surface area contributed by atoms with Crippen molar-refractivity contribution in [1.82, 2.24) is 10.2 Å². The fourth-order valence-corrected chi connectivity index (χ4v) is 4.09. The monoisotopic (exact) mass is 492 g/mol. The Hall–Kier alpha value is -2.24. The molecule has 0 bridgehead atoms. The van der Waals surface area contributed by atoms with Crippen LogP contribution in [0.5, 0.6) is 5.75 Å². The highest BCUT2D eigenvalue weighted by atomic mass is 35.5. The lowest BCUT2D eigenvalue weighted by Gasteiger charge is -2.31. The number of nitrogens with zero attached hydrogens (tertiary/aromatic N) is 1. The largest absolute Gasteiger partial charge is 0.483 e. The summed E-state index contributed by atoms with van der Waals surface area (Å²) in [5, 5.41) is 3.84. The van der Waals surface area contributed by atoms with Crippen molar-refractivity contribution in [3.63, 3.8) is 0 Å². The zero-order valence-corrected chi connectivity index (χ0v) is 21.8. The summed E-state index contributed by atoms with van der Waals surface area (Å²) in [6.07, 6.45) is 0.445. The summed E-state index contributed by atoms with van der Waals surface area (Å²) >= 11 is 12.8. The lowest BCUT2D eigenvalue weighted by Crippen LogP contribution is -2.50. The molecule has 0 heterocycles. The maximum atomic E-state index is 13.4. The van der Waals surface area contributed by atoms with Crippen molar-refractivity contribution in [2.45, 2.75) is 60.5 Å². The van der Waals surface area contributed by atoms with Crippen molar-refractivity contribution in [3.05, 3.63) is 62.6 Å². The molecule has 0 aliphatic carbocycles. The Morgan fingerprint density at radius 1 is 1.09 bits per heavy atom. The van der Waals surface area contributed by atoms with Crippen LogP contribution in [-0.4, -0.2) is 35.9 Å². The predicted octanol–water partition coefficient (Wildman–Crippen LogP) is 5.88. The Morgan fingerprint density at radius 3 is 2.30 bits per heavy atom. The summed E-state index contributed by atoms with van der Waals surface area (Å²) in [7, 11) is 0. The molecule has 0 aliphatic heterocycles. The predicted molar refractivity (Wildman–Crippen MR) is 135 cm³/mol. The molecule has 2 rings (SSSR count). The molecule has 0 aromatic heterocycles. The molecule has 0 spiro atoms. The van der Waals surface area contributed by atoms with Gasteiger partial charge in [-0.3, -0.25) is 9.59 Å². The maximum Gasteiger partial charge on any atom is 0.261 e. The molecular weight excluding hydrogens is 459 g/mol. The first-order valence-corrected chi connectivity index (χ1v) is 12.0. The van der Waals surface area contributed by atoms with Crippen LogP contribution in [0.4, 0.5) is 0 Å². The average Bonchev–Trinajstić information content (AvgIpc) is 2.75. The first kappa shape index (κ1) is 27.0. The number of carbonyl (C=O) groups is 2. The number of halogens is 2. The van der Waals surface area contributed by atoms with Gasteiger partial charge in [-0.1, -0.05) is 56.1 Å². The van der Waals surface area contributed by atoms with Gasteiger partial charge in [-0.25, -0.2) is 0 Å². The van der Waals surface area contributed by atoms with E-state index in [4.69, 9.17) is 27.9 Å². The van der Waals surface area contributed by atoms with Crippen LogP contribution < -0.4 is 10.1 Å². The number of rotatable bonds is 10. The molecule has 0 radical (unpaired) electrons. The second kappa shape index (κ2) is 12.3. The lowest BCUT2D eigenvalue weighted by molar-refractivity contribution is -0.143. The number of nitrogens with one attached hydrogen (secondary N) is 1. The highest BCUT2D eigenvalue weighted by molar-refractivity contribution is 6.36. The summed E-state index contributed by atoms with van der Waals surface area (Å²) in [5.41, 5.74) is 3.74. The molecule has 0 unspecified atom stereocenters. The minimum Gasteiger partial charge on any atom is -0.483 e. The molecule has 0 fully saturated rings. The van der Waals surface area contributed by atoms with Crippen LogP contribution >= 0.6 is 23.2 Å². The van der Waals surface area contributed by atoms with Gasteiger partial charge in [0.1, 0.15) is 11.8 Å². The molecule has 2 aromatic rings. The molecule has 0 saturated heterocycles. The van der Waals surface area contributed by atoms with Gasteiger partial charge >= 0.3 is 0 Å². The Balaban J connectivity index is 2.32. The normalized spacial score (nSPS) is 11.9. The second-order valence-electron chi connectivity index (χ2n) is 8.78. The standard InChI is InChI=1S/C26H34Cl2N2O3/c1-7-23(26(32)29-13-16(2)3)30(14-20-21(27)9-8-10-22(20)28)25(31)15-33-24-12-17(4)11-18(5)19(24)6/h8-12,16,23H,7,13-15H2,1-6H3,(H,29,32)/t23-/m1/s1. The Kier molecular flexibility index (Phi) is 10.1. The zero-order chi connectivity index (χ0) is 24.7. The first-order valence-electron chi connectivity index (χ1n) is 11.3. The topological polar surface area (TPSA) is 58.6 Å². The molecular formula is C26H34Cl2N2O3. The van der Waals surface area contributed by atoms with Crippen LogP contribution in [0.1, 0.15) is 49.4 Å². The fourth-order valence-electron chi connectivity index (χ4n) is 3.57. The van der Waals surface area contributed by atoms with Gasteiger partial charge in [0.15, 0.2) is 6.61 Å². The average molecular weight is 493 g/mol. The third kappa shape index (κ3) is 7.38. The maximum absolute atomic E-state index is 13.4. The van der Waals surface area contributed by atoms with E-state index >= 15 is 0 Å². The molecule has 7 heteroatoms. The van der Waals surface area contributed by atoms with E-state index in [9.17, 15) is 9.59 Å². The van der Waals surface area contributed by atoms with Crippen LogP contribution in [0.25, 0.3) is 0 Å². The lowest BCUT2D eigenvalue weighted by atomic mass is 10.1. The van der Waals surface area contributed by atoms with Gasteiger partial charge in [-0.05, 0) is 68.0 Å². The number of amides is 2. The van der Waals surface area contributed by atoms with Crippen molar-refractivity contribution < 1.29 is 14.3 Å². The molecule has 5 nitrogen and oxygen atoms in total. The van der Waals surface area contributed by atoms with Gasteiger partial charge in [-0.2, -0.15) is 0 Å². The smallest absolute Gasteiger partial charge is 0.261 e. The summed E-state index contributed by atoms with van der Waals surface area (Å²) in [6, 6.07) is 8.51. The number of carbonyl (C=O) groups excluding carboxylic acids is 2. The third-order valence-corrected chi connectivity index (χ3v) is 6.28. The van der Waals surface area contributed by atoms with Crippen molar-refractivity contribution in [3.8, 4) is 5.75 Å². The molecule has 0 saturated carbocycles. The van der Waals surface area contributed by atoms with Gasteiger partial charge in [0.2, 0.25) is 5.91 Å². The summed E-state index contributed by atoms with van der Waals surface area (Å²) in [6.45, 7) is 12.3. The SMILES string of the molecule is CC[C@H](C(=O)NCC(C)C)N(Cc1c(Cl)cccc1Cl)C(=O)COc1cc(C)cc(C)c1C. The van der Waals surface area contributed by atoms with Gasteiger partial charge in [0.05, 0.1) is 0 Å². The molecule has 180 valence electrons. The highest BCUT2D eigenvalue weighted by Gasteiger charge is 2.30. The fraction of sp³-hybridized carbons (Fsp3) is 0.462. The third-order valence-electron chi connectivity index (χ3n) is 5.58. The summed E-state index contributed by atoms with van der Waals surface area (Å²) < 4.78 is 5.92. The Morgan fingerprint density at radius 2 is 1.73 bits per heavy atom.